The molecule has 0 unspecified atom stereocenters. The zero-order valence-corrected chi connectivity index (χ0v) is 11.6. The van der Waals surface area contributed by atoms with Crippen LogP contribution in [0.1, 0.15) is 0 Å². The van der Waals surface area contributed by atoms with Gasteiger partial charge in [-0.05, 0) is 6.07 Å². The van der Waals surface area contributed by atoms with Gasteiger partial charge in [0.05, 0.1) is 16.4 Å². The molecule has 1 fully saturated rings. The number of hydrogen-bond acceptors (Lipinski definition) is 8. The minimum Gasteiger partial charge on any atom is -0.394 e. The van der Waals surface area contributed by atoms with E-state index in [1.54, 1.807) is 6.07 Å². The van der Waals surface area contributed by atoms with Crippen LogP contribution in [0.25, 0.3) is 0 Å². The van der Waals surface area contributed by atoms with Gasteiger partial charge < -0.3 is 25.2 Å². The van der Waals surface area contributed by atoms with E-state index >= 15 is 0 Å². The molecule has 1 aromatic carbocycles. The first-order valence-corrected chi connectivity index (χ1v) is 7.04. The van der Waals surface area contributed by atoms with Gasteiger partial charge in [0.25, 0.3) is 5.69 Å². The second kappa shape index (κ2) is 6.69. The van der Waals surface area contributed by atoms with Crippen molar-refractivity contribution in [2.24, 2.45) is 0 Å². The highest BCUT2D eigenvalue weighted by molar-refractivity contribution is 8.00. The van der Waals surface area contributed by atoms with Gasteiger partial charge in [0.15, 0.2) is 0 Å². The summed E-state index contributed by atoms with van der Waals surface area (Å²) in [5.74, 6) is 0. The summed E-state index contributed by atoms with van der Waals surface area (Å²) in [4.78, 5) is 10.6. The largest absolute Gasteiger partial charge is 0.394 e. The van der Waals surface area contributed by atoms with E-state index in [0.29, 0.717) is 0 Å². The van der Waals surface area contributed by atoms with Gasteiger partial charge in [0.1, 0.15) is 29.9 Å². The molecule has 1 heterocycles. The molecule has 2 rings (SSSR count). The van der Waals surface area contributed by atoms with E-state index < -0.39 is 41.4 Å². The SMILES string of the molecule is O=[N+]([O-])c1ccccc1S[C@@H]1O[C@H](CO)[C@@H](O)[C@H](O)[C@H]1O. The summed E-state index contributed by atoms with van der Waals surface area (Å²) < 4.78 is 5.30. The van der Waals surface area contributed by atoms with E-state index in [2.05, 4.69) is 0 Å². The molecule has 116 valence electrons. The van der Waals surface area contributed by atoms with E-state index in [0.717, 1.165) is 11.8 Å². The first kappa shape index (κ1) is 16.1. The van der Waals surface area contributed by atoms with Gasteiger partial charge in [-0.25, -0.2) is 0 Å². The number of rotatable bonds is 4. The number of nitro groups is 1. The Morgan fingerprint density at radius 1 is 1.19 bits per heavy atom. The van der Waals surface area contributed by atoms with Crippen molar-refractivity contribution in [3.05, 3.63) is 34.4 Å². The Morgan fingerprint density at radius 3 is 2.48 bits per heavy atom. The van der Waals surface area contributed by atoms with Gasteiger partial charge in [-0.15, -0.1) is 0 Å². The van der Waals surface area contributed by atoms with Crippen molar-refractivity contribution in [3.63, 3.8) is 0 Å². The van der Waals surface area contributed by atoms with Gasteiger partial charge in [0, 0.05) is 6.07 Å². The molecule has 21 heavy (non-hydrogen) atoms. The summed E-state index contributed by atoms with van der Waals surface area (Å²) in [6, 6.07) is 5.91. The molecule has 9 heteroatoms. The molecule has 0 aliphatic carbocycles. The number of benzene rings is 1. The minimum absolute atomic E-state index is 0.153. The van der Waals surface area contributed by atoms with Crippen LogP contribution in [0.15, 0.2) is 29.2 Å². The van der Waals surface area contributed by atoms with E-state index in [1.165, 1.54) is 18.2 Å². The third-order valence-electron chi connectivity index (χ3n) is 3.15. The molecule has 1 aliphatic heterocycles. The lowest BCUT2D eigenvalue weighted by Gasteiger charge is -2.39. The van der Waals surface area contributed by atoms with E-state index in [9.17, 15) is 25.4 Å². The Kier molecular flexibility index (Phi) is 5.14. The van der Waals surface area contributed by atoms with Crippen LogP contribution in [0, 0.1) is 10.1 Å². The molecule has 0 amide bonds. The van der Waals surface area contributed by atoms with Gasteiger partial charge >= 0.3 is 0 Å². The Labute approximate surface area is 124 Å². The molecule has 1 aromatic rings. The van der Waals surface area contributed by atoms with Gasteiger partial charge in [-0.3, -0.25) is 10.1 Å². The zero-order valence-electron chi connectivity index (χ0n) is 10.8. The lowest BCUT2D eigenvalue weighted by Crippen LogP contribution is -2.57. The fraction of sp³-hybridized carbons (Fsp3) is 0.500. The fourth-order valence-corrected chi connectivity index (χ4v) is 3.17. The van der Waals surface area contributed by atoms with Crippen molar-refractivity contribution in [1.82, 2.24) is 0 Å². The fourth-order valence-electron chi connectivity index (χ4n) is 2.00. The highest BCUT2D eigenvalue weighted by Crippen LogP contribution is 2.37. The first-order chi connectivity index (χ1) is 9.95. The summed E-state index contributed by atoms with van der Waals surface area (Å²) in [6.07, 6.45) is -5.43. The van der Waals surface area contributed by atoms with Crippen LogP contribution in [-0.4, -0.2) is 61.8 Å². The molecule has 5 atom stereocenters. The Morgan fingerprint density at radius 2 is 1.86 bits per heavy atom. The number of para-hydroxylation sites is 1. The average molecular weight is 317 g/mol. The molecule has 4 N–H and O–H groups in total. The molecule has 1 aliphatic rings. The van der Waals surface area contributed by atoms with Crippen molar-refractivity contribution >= 4 is 17.4 Å². The third kappa shape index (κ3) is 3.34. The van der Waals surface area contributed by atoms with Crippen LogP contribution < -0.4 is 0 Å². The zero-order chi connectivity index (χ0) is 15.6. The summed E-state index contributed by atoms with van der Waals surface area (Å²) in [5.41, 5.74) is -1.19. The second-order valence-electron chi connectivity index (χ2n) is 4.54. The summed E-state index contributed by atoms with van der Waals surface area (Å²) in [5, 5.41) is 49.3. The second-order valence-corrected chi connectivity index (χ2v) is 5.68. The Bertz CT molecular complexity index is 512. The van der Waals surface area contributed by atoms with Crippen LogP contribution in [0.5, 0.6) is 0 Å². The maximum atomic E-state index is 10.9. The number of aliphatic hydroxyl groups is 4. The van der Waals surface area contributed by atoms with Crippen molar-refractivity contribution in [1.29, 1.82) is 0 Å². The van der Waals surface area contributed by atoms with Crippen molar-refractivity contribution < 1.29 is 30.1 Å². The smallest absolute Gasteiger partial charge is 0.282 e. The lowest BCUT2D eigenvalue weighted by molar-refractivity contribution is -0.387. The number of thioether (sulfide) groups is 1. The molecule has 0 radical (unpaired) electrons. The van der Waals surface area contributed by atoms with E-state index in [-0.39, 0.29) is 10.6 Å². The van der Waals surface area contributed by atoms with E-state index in [1.807, 2.05) is 0 Å². The maximum absolute atomic E-state index is 10.9. The summed E-state index contributed by atoms with van der Waals surface area (Å²) >= 11 is 0.856. The lowest BCUT2D eigenvalue weighted by atomic mass is 10.0. The van der Waals surface area contributed by atoms with Gasteiger partial charge in [0.2, 0.25) is 0 Å². The quantitative estimate of drug-likeness (QED) is 0.431. The first-order valence-electron chi connectivity index (χ1n) is 6.16. The molecule has 8 nitrogen and oxygen atoms in total. The van der Waals surface area contributed by atoms with Crippen molar-refractivity contribution in [3.8, 4) is 0 Å². The van der Waals surface area contributed by atoms with Crippen LogP contribution in [0.4, 0.5) is 5.69 Å². The van der Waals surface area contributed by atoms with Crippen molar-refractivity contribution in [2.45, 2.75) is 34.7 Å². The van der Waals surface area contributed by atoms with E-state index in [4.69, 9.17) is 9.84 Å². The highest BCUT2D eigenvalue weighted by Gasteiger charge is 2.44. The summed E-state index contributed by atoms with van der Waals surface area (Å²) in [6.45, 7) is -0.543. The standard InChI is InChI=1S/C12H15NO7S/c14-5-7-9(15)10(16)11(17)12(20-7)21-8-4-2-1-3-6(8)13(18)19/h1-4,7,9-12,14-17H,5H2/t7-,9-,10+,11-,12+/m1/s1. The van der Waals surface area contributed by atoms with Crippen LogP contribution in [0.3, 0.4) is 0 Å². The predicted octanol–water partition coefficient (Wildman–Crippen LogP) is -0.513. The normalized spacial score (nSPS) is 32.9. The van der Waals surface area contributed by atoms with Crippen molar-refractivity contribution in [2.75, 3.05) is 6.61 Å². The highest BCUT2D eigenvalue weighted by atomic mass is 32.2. The van der Waals surface area contributed by atoms with Gasteiger partial charge in [-0.2, -0.15) is 0 Å². The Balaban J connectivity index is 2.20. The monoisotopic (exact) mass is 317 g/mol. The summed E-state index contributed by atoms with van der Waals surface area (Å²) in [7, 11) is 0. The number of ether oxygens (including phenoxy) is 1. The molecule has 0 bridgehead atoms. The maximum Gasteiger partial charge on any atom is 0.282 e. The predicted molar refractivity (Wildman–Crippen MR) is 72.7 cm³/mol. The molecular weight excluding hydrogens is 302 g/mol. The van der Waals surface area contributed by atoms with Crippen LogP contribution >= 0.6 is 11.8 Å². The molecular formula is C12H15NO7S. The number of aliphatic hydroxyl groups excluding tert-OH is 4. The van der Waals surface area contributed by atoms with Crippen LogP contribution in [0.2, 0.25) is 0 Å². The minimum atomic E-state index is -1.50. The molecule has 0 spiro atoms. The molecule has 0 aromatic heterocycles. The number of nitrogens with zero attached hydrogens (tertiary/aromatic N) is 1. The molecule has 0 saturated carbocycles. The van der Waals surface area contributed by atoms with Crippen LogP contribution in [-0.2, 0) is 4.74 Å². The number of hydrogen-bond donors (Lipinski definition) is 4. The topological polar surface area (TPSA) is 133 Å². The Hall–Kier alpha value is -1.23. The number of nitro benzene ring substituents is 1. The molecule has 1 saturated heterocycles. The van der Waals surface area contributed by atoms with Gasteiger partial charge in [-0.1, -0.05) is 23.9 Å². The average Bonchev–Trinajstić information content (AvgIpc) is 2.48. The third-order valence-corrected chi connectivity index (χ3v) is 4.37.